The van der Waals surface area contributed by atoms with Gasteiger partial charge in [0.2, 0.25) is 0 Å². The van der Waals surface area contributed by atoms with Crippen molar-refractivity contribution in [1.29, 1.82) is 0 Å². The van der Waals surface area contributed by atoms with E-state index in [0.29, 0.717) is 24.7 Å². The van der Waals surface area contributed by atoms with E-state index >= 15 is 0 Å². The largest absolute Gasteiger partial charge is 0.490 e. The first-order chi connectivity index (χ1) is 11.5. The molecule has 0 spiro atoms. The van der Waals surface area contributed by atoms with Crippen LogP contribution in [-0.2, 0) is 20.7 Å². The fraction of sp³-hybridized carbons (Fsp3) is 0.556. The Bertz CT molecular complexity index is 542. The predicted molar refractivity (Wildman–Crippen MR) is 91.4 cm³/mol. The standard InChI is InChI=1S/C18H27NO5/c1-5-9-22-16-11-14(12-18(21)23-10-6-2)7-8-15(16)24-13-17(20)19(3)4/h7-8,11H,5-6,9-10,12-13H2,1-4H3. The van der Waals surface area contributed by atoms with Gasteiger partial charge < -0.3 is 19.1 Å². The van der Waals surface area contributed by atoms with Gasteiger partial charge in [-0.25, -0.2) is 0 Å². The fourth-order valence-electron chi connectivity index (χ4n) is 1.81. The number of hydrogen-bond acceptors (Lipinski definition) is 5. The number of likely N-dealkylation sites (N-methyl/N-ethyl adjacent to an activating group) is 1. The molecule has 0 N–H and O–H groups in total. The van der Waals surface area contributed by atoms with Crippen molar-refractivity contribution < 1.29 is 23.8 Å². The topological polar surface area (TPSA) is 65.1 Å². The maximum Gasteiger partial charge on any atom is 0.310 e. The summed E-state index contributed by atoms with van der Waals surface area (Å²) in [5.41, 5.74) is 0.786. The molecule has 0 saturated carbocycles. The summed E-state index contributed by atoms with van der Waals surface area (Å²) < 4.78 is 16.3. The molecule has 1 aromatic rings. The second kappa shape index (κ2) is 10.5. The molecule has 1 aromatic carbocycles. The van der Waals surface area contributed by atoms with Crippen molar-refractivity contribution in [2.24, 2.45) is 0 Å². The van der Waals surface area contributed by atoms with Crippen molar-refractivity contribution in [1.82, 2.24) is 4.90 Å². The van der Waals surface area contributed by atoms with E-state index in [1.807, 2.05) is 13.8 Å². The van der Waals surface area contributed by atoms with E-state index in [0.717, 1.165) is 18.4 Å². The quantitative estimate of drug-likeness (QED) is 0.614. The van der Waals surface area contributed by atoms with Crippen LogP contribution in [0.25, 0.3) is 0 Å². The molecular formula is C18H27NO5. The van der Waals surface area contributed by atoms with Gasteiger partial charge in [0, 0.05) is 14.1 Å². The lowest BCUT2D eigenvalue weighted by Crippen LogP contribution is -2.27. The first-order valence-corrected chi connectivity index (χ1v) is 8.22. The number of amides is 1. The van der Waals surface area contributed by atoms with Gasteiger partial charge in [0.05, 0.1) is 19.6 Å². The van der Waals surface area contributed by atoms with Gasteiger partial charge in [0.1, 0.15) is 0 Å². The number of benzene rings is 1. The van der Waals surface area contributed by atoms with Gasteiger partial charge in [-0.15, -0.1) is 0 Å². The van der Waals surface area contributed by atoms with Crippen molar-refractivity contribution in [3.05, 3.63) is 23.8 Å². The predicted octanol–water partition coefficient (Wildman–Crippen LogP) is 2.44. The highest BCUT2D eigenvalue weighted by molar-refractivity contribution is 5.77. The van der Waals surface area contributed by atoms with Crippen LogP contribution in [-0.4, -0.2) is 50.7 Å². The van der Waals surface area contributed by atoms with Crippen LogP contribution in [0.3, 0.4) is 0 Å². The first-order valence-electron chi connectivity index (χ1n) is 8.22. The van der Waals surface area contributed by atoms with E-state index in [-0.39, 0.29) is 24.9 Å². The third kappa shape index (κ3) is 6.89. The Labute approximate surface area is 143 Å². The Hall–Kier alpha value is -2.24. The van der Waals surface area contributed by atoms with Crippen LogP contribution >= 0.6 is 0 Å². The molecule has 0 saturated heterocycles. The van der Waals surface area contributed by atoms with Crippen LogP contribution in [0.1, 0.15) is 32.3 Å². The average molecular weight is 337 g/mol. The normalized spacial score (nSPS) is 10.2. The van der Waals surface area contributed by atoms with Gasteiger partial charge in [0.15, 0.2) is 18.1 Å². The summed E-state index contributed by atoms with van der Waals surface area (Å²) in [6.07, 6.45) is 1.82. The monoisotopic (exact) mass is 337 g/mol. The van der Waals surface area contributed by atoms with Crippen LogP contribution < -0.4 is 9.47 Å². The van der Waals surface area contributed by atoms with Crippen molar-refractivity contribution >= 4 is 11.9 Å². The van der Waals surface area contributed by atoms with Gasteiger partial charge in [-0.3, -0.25) is 9.59 Å². The van der Waals surface area contributed by atoms with Crippen molar-refractivity contribution in [3.8, 4) is 11.5 Å². The molecule has 1 amide bonds. The van der Waals surface area contributed by atoms with E-state index in [9.17, 15) is 9.59 Å². The molecule has 0 atom stereocenters. The number of carbonyl (C=O) groups excluding carboxylic acids is 2. The van der Waals surface area contributed by atoms with Crippen LogP contribution in [0.15, 0.2) is 18.2 Å². The minimum Gasteiger partial charge on any atom is -0.490 e. The molecule has 0 aliphatic rings. The number of nitrogens with zero attached hydrogens (tertiary/aromatic N) is 1. The first kappa shape index (κ1) is 19.8. The van der Waals surface area contributed by atoms with Crippen LogP contribution in [0.5, 0.6) is 11.5 Å². The van der Waals surface area contributed by atoms with E-state index in [2.05, 4.69) is 0 Å². The van der Waals surface area contributed by atoms with Gasteiger partial charge in [0.25, 0.3) is 5.91 Å². The summed E-state index contributed by atoms with van der Waals surface area (Å²) >= 11 is 0. The number of hydrogen-bond donors (Lipinski definition) is 0. The van der Waals surface area contributed by atoms with Crippen molar-refractivity contribution in [2.75, 3.05) is 33.9 Å². The third-order valence-electron chi connectivity index (χ3n) is 3.14. The molecule has 0 unspecified atom stereocenters. The third-order valence-corrected chi connectivity index (χ3v) is 3.14. The second-order valence-electron chi connectivity index (χ2n) is 5.60. The lowest BCUT2D eigenvalue weighted by Gasteiger charge is -2.15. The minimum atomic E-state index is -0.269. The maximum absolute atomic E-state index is 11.7. The Balaban J connectivity index is 2.80. The average Bonchev–Trinajstić information content (AvgIpc) is 2.56. The van der Waals surface area contributed by atoms with E-state index in [1.165, 1.54) is 4.90 Å². The minimum absolute atomic E-state index is 0.0621. The van der Waals surface area contributed by atoms with Gasteiger partial charge in [-0.2, -0.15) is 0 Å². The van der Waals surface area contributed by atoms with Crippen molar-refractivity contribution in [3.63, 3.8) is 0 Å². The molecule has 0 heterocycles. The molecule has 0 aromatic heterocycles. The summed E-state index contributed by atoms with van der Waals surface area (Å²) in [6, 6.07) is 5.26. The SMILES string of the molecule is CCCOC(=O)Cc1ccc(OCC(=O)N(C)C)c(OCCC)c1. The van der Waals surface area contributed by atoms with E-state index < -0.39 is 0 Å². The smallest absolute Gasteiger partial charge is 0.310 e. The number of ether oxygens (including phenoxy) is 3. The number of carbonyl (C=O) groups is 2. The maximum atomic E-state index is 11.7. The fourth-order valence-corrected chi connectivity index (χ4v) is 1.81. The number of esters is 1. The van der Waals surface area contributed by atoms with Crippen LogP contribution in [0, 0.1) is 0 Å². The van der Waals surface area contributed by atoms with Gasteiger partial charge in [-0.1, -0.05) is 19.9 Å². The zero-order valence-electron chi connectivity index (χ0n) is 15.0. The summed E-state index contributed by atoms with van der Waals surface area (Å²) in [5.74, 6) is 0.618. The zero-order valence-corrected chi connectivity index (χ0v) is 15.0. The lowest BCUT2D eigenvalue weighted by molar-refractivity contribution is -0.142. The zero-order chi connectivity index (χ0) is 17.9. The molecule has 1 rings (SSSR count). The lowest BCUT2D eigenvalue weighted by atomic mass is 10.1. The molecule has 6 heteroatoms. The molecule has 134 valence electrons. The Morgan fingerprint density at radius 1 is 1.00 bits per heavy atom. The summed E-state index contributed by atoms with van der Waals surface area (Å²) in [6.45, 7) is 4.84. The highest BCUT2D eigenvalue weighted by Crippen LogP contribution is 2.29. The molecule has 0 radical (unpaired) electrons. The summed E-state index contributed by atoms with van der Waals surface area (Å²) in [7, 11) is 3.34. The molecule has 24 heavy (non-hydrogen) atoms. The molecule has 0 aliphatic heterocycles. The van der Waals surface area contributed by atoms with Gasteiger partial charge >= 0.3 is 5.97 Å². The second-order valence-corrected chi connectivity index (χ2v) is 5.60. The number of rotatable bonds is 10. The van der Waals surface area contributed by atoms with Crippen molar-refractivity contribution in [2.45, 2.75) is 33.1 Å². The highest BCUT2D eigenvalue weighted by Gasteiger charge is 2.12. The summed E-state index contributed by atoms with van der Waals surface area (Å²) in [5, 5.41) is 0. The molecular weight excluding hydrogens is 310 g/mol. The Kier molecular flexibility index (Phi) is 8.68. The van der Waals surface area contributed by atoms with Crippen LogP contribution in [0.4, 0.5) is 0 Å². The van der Waals surface area contributed by atoms with E-state index in [1.54, 1.807) is 32.3 Å². The highest BCUT2D eigenvalue weighted by atomic mass is 16.5. The molecule has 6 nitrogen and oxygen atoms in total. The molecule has 0 bridgehead atoms. The molecule has 0 fully saturated rings. The Morgan fingerprint density at radius 2 is 1.71 bits per heavy atom. The van der Waals surface area contributed by atoms with Crippen LogP contribution in [0.2, 0.25) is 0 Å². The van der Waals surface area contributed by atoms with E-state index in [4.69, 9.17) is 14.2 Å². The Morgan fingerprint density at radius 3 is 2.33 bits per heavy atom. The molecule has 0 aliphatic carbocycles. The van der Waals surface area contributed by atoms with Gasteiger partial charge in [-0.05, 0) is 30.5 Å². The summed E-state index contributed by atoms with van der Waals surface area (Å²) in [4.78, 5) is 24.8.